The maximum absolute atomic E-state index is 11.9. The van der Waals surface area contributed by atoms with Gasteiger partial charge in [-0.25, -0.2) is 9.97 Å². The number of piperazine rings is 1. The number of ether oxygens (including phenoxy) is 1. The van der Waals surface area contributed by atoms with Crippen molar-refractivity contribution in [2.75, 3.05) is 57.9 Å². The van der Waals surface area contributed by atoms with E-state index < -0.39 is 0 Å². The zero-order chi connectivity index (χ0) is 20.6. The number of carbonyl (C=O) groups excluding carboxylic acids is 1. The van der Waals surface area contributed by atoms with Crippen LogP contribution in [-0.4, -0.2) is 78.7 Å². The third-order valence-corrected chi connectivity index (χ3v) is 4.87. The third-order valence-electron chi connectivity index (χ3n) is 4.87. The number of carbonyl (C=O) groups is 1. The van der Waals surface area contributed by atoms with Gasteiger partial charge in [-0.05, 0) is 18.6 Å². The van der Waals surface area contributed by atoms with Crippen molar-refractivity contribution in [1.29, 1.82) is 0 Å². The van der Waals surface area contributed by atoms with E-state index in [4.69, 9.17) is 4.74 Å². The van der Waals surface area contributed by atoms with Crippen molar-refractivity contribution in [3.63, 3.8) is 0 Å². The van der Waals surface area contributed by atoms with Crippen molar-refractivity contribution in [1.82, 2.24) is 25.2 Å². The van der Waals surface area contributed by atoms with Crippen LogP contribution < -0.4 is 15.8 Å². The first-order valence-corrected chi connectivity index (χ1v) is 9.88. The molecule has 1 saturated heterocycles. The molecular formula is C20H28N6O3. The fraction of sp³-hybridized carbons (Fsp3) is 0.500. The molecule has 1 aliphatic heterocycles. The Hall–Kier alpha value is -2.78. The summed E-state index contributed by atoms with van der Waals surface area (Å²) in [5.74, 6) is 1.44. The zero-order valence-corrected chi connectivity index (χ0v) is 17.0. The number of aromatic amines is 1. The predicted molar refractivity (Wildman–Crippen MR) is 111 cm³/mol. The van der Waals surface area contributed by atoms with E-state index in [2.05, 4.69) is 30.1 Å². The van der Waals surface area contributed by atoms with Gasteiger partial charge >= 0.3 is 0 Å². The van der Waals surface area contributed by atoms with Crippen LogP contribution in [0.2, 0.25) is 0 Å². The molecule has 3 rings (SSSR count). The predicted octanol–water partition coefficient (Wildman–Crippen LogP) is 0.279. The molecule has 1 fully saturated rings. The number of hydrogen-bond acceptors (Lipinski definition) is 7. The quantitative estimate of drug-likeness (QED) is 0.614. The van der Waals surface area contributed by atoms with Gasteiger partial charge in [0.05, 0.1) is 13.2 Å². The Morgan fingerprint density at radius 2 is 2.07 bits per heavy atom. The molecule has 3 heterocycles. The van der Waals surface area contributed by atoms with Gasteiger partial charge in [-0.15, -0.1) is 0 Å². The van der Waals surface area contributed by atoms with E-state index in [1.54, 1.807) is 13.3 Å². The van der Waals surface area contributed by atoms with Gasteiger partial charge in [0.1, 0.15) is 11.6 Å². The van der Waals surface area contributed by atoms with Crippen molar-refractivity contribution in [3.8, 4) is 11.4 Å². The van der Waals surface area contributed by atoms with Crippen LogP contribution in [0, 0.1) is 0 Å². The standard InChI is InChI=1S/C20H28N6O3/c1-3-16-12-18(27)24-20(23-16)15-4-5-17(22-13-15)26-9-7-25(8-10-26)14-19(28)21-6-11-29-2/h4-5,12-13H,3,6-11,14H2,1-2H3,(H,21,28)(H,23,24,27). The first-order valence-electron chi connectivity index (χ1n) is 9.88. The molecule has 1 amide bonds. The smallest absolute Gasteiger partial charge is 0.251 e. The Bertz CT molecular complexity index is 859. The number of amides is 1. The lowest BCUT2D eigenvalue weighted by molar-refractivity contribution is -0.122. The summed E-state index contributed by atoms with van der Waals surface area (Å²) < 4.78 is 4.94. The summed E-state index contributed by atoms with van der Waals surface area (Å²) in [6, 6.07) is 5.39. The molecule has 0 aromatic carbocycles. The summed E-state index contributed by atoms with van der Waals surface area (Å²) in [4.78, 5) is 39.8. The molecular weight excluding hydrogens is 372 g/mol. The number of nitrogens with one attached hydrogen (secondary N) is 2. The van der Waals surface area contributed by atoms with Crippen molar-refractivity contribution >= 4 is 11.7 Å². The molecule has 29 heavy (non-hydrogen) atoms. The van der Waals surface area contributed by atoms with Gasteiger partial charge in [0.2, 0.25) is 5.91 Å². The summed E-state index contributed by atoms with van der Waals surface area (Å²) in [6.45, 7) is 6.63. The molecule has 0 unspecified atom stereocenters. The van der Waals surface area contributed by atoms with E-state index in [0.29, 0.717) is 31.9 Å². The van der Waals surface area contributed by atoms with Crippen molar-refractivity contribution in [3.05, 3.63) is 40.4 Å². The number of hydrogen-bond donors (Lipinski definition) is 2. The molecule has 156 valence electrons. The van der Waals surface area contributed by atoms with Crippen LogP contribution in [0.4, 0.5) is 5.82 Å². The number of pyridine rings is 1. The molecule has 9 heteroatoms. The molecule has 2 aromatic heterocycles. The average molecular weight is 400 g/mol. The van der Waals surface area contributed by atoms with Gasteiger partial charge in [0.15, 0.2) is 0 Å². The number of methoxy groups -OCH3 is 1. The fourth-order valence-electron chi connectivity index (χ4n) is 3.23. The topological polar surface area (TPSA) is 103 Å². The third kappa shape index (κ3) is 5.85. The second-order valence-electron chi connectivity index (χ2n) is 6.95. The van der Waals surface area contributed by atoms with Crippen LogP contribution in [0.1, 0.15) is 12.6 Å². The molecule has 0 spiro atoms. The number of anilines is 1. The van der Waals surface area contributed by atoms with Crippen LogP contribution >= 0.6 is 0 Å². The second-order valence-corrected chi connectivity index (χ2v) is 6.95. The molecule has 2 N–H and O–H groups in total. The van der Waals surface area contributed by atoms with Crippen LogP contribution in [-0.2, 0) is 16.0 Å². The lowest BCUT2D eigenvalue weighted by atomic mass is 10.2. The first kappa shape index (κ1) is 20.9. The lowest BCUT2D eigenvalue weighted by Crippen LogP contribution is -2.50. The normalized spacial score (nSPS) is 14.8. The minimum Gasteiger partial charge on any atom is -0.383 e. The van der Waals surface area contributed by atoms with Crippen LogP contribution in [0.15, 0.2) is 29.2 Å². The lowest BCUT2D eigenvalue weighted by Gasteiger charge is -2.35. The Kier molecular flexibility index (Phi) is 7.31. The largest absolute Gasteiger partial charge is 0.383 e. The molecule has 1 aliphatic rings. The van der Waals surface area contributed by atoms with Gasteiger partial charge in [-0.3, -0.25) is 14.5 Å². The number of rotatable bonds is 8. The van der Waals surface area contributed by atoms with Gasteiger partial charge in [0, 0.05) is 63.4 Å². The SMILES string of the molecule is CCc1cc(=O)[nH]c(-c2ccc(N3CCN(CC(=O)NCCOC)CC3)nc2)n1. The number of aryl methyl sites for hydroxylation is 1. The van der Waals surface area contributed by atoms with Gasteiger partial charge in [-0.1, -0.05) is 6.92 Å². The highest BCUT2D eigenvalue weighted by molar-refractivity contribution is 5.78. The van der Waals surface area contributed by atoms with E-state index >= 15 is 0 Å². The minimum absolute atomic E-state index is 0.0220. The number of nitrogens with zero attached hydrogens (tertiary/aromatic N) is 4. The van der Waals surface area contributed by atoms with Crippen molar-refractivity contribution < 1.29 is 9.53 Å². The number of H-pyrrole nitrogens is 1. The summed E-state index contributed by atoms with van der Waals surface area (Å²) in [5.41, 5.74) is 1.39. The van der Waals surface area contributed by atoms with Crippen molar-refractivity contribution in [2.45, 2.75) is 13.3 Å². The summed E-state index contributed by atoms with van der Waals surface area (Å²) in [7, 11) is 1.62. The number of aromatic nitrogens is 3. The molecule has 2 aromatic rings. The maximum atomic E-state index is 11.9. The Morgan fingerprint density at radius 3 is 2.72 bits per heavy atom. The van der Waals surface area contributed by atoms with Crippen LogP contribution in [0.25, 0.3) is 11.4 Å². The highest BCUT2D eigenvalue weighted by Gasteiger charge is 2.20. The average Bonchev–Trinajstić information content (AvgIpc) is 2.74. The monoisotopic (exact) mass is 400 g/mol. The van der Waals surface area contributed by atoms with E-state index in [1.807, 2.05) is 19.1 Å². The summed E-state index contributed by atoms with van der Waals surface area (Å²) >= 11 is 0. The first-order chi connectivity index (χ1) is 14.1. The summed E-state index contributed by atoms with van der Waals surface area (Å²) in [5, 5.41) is 2.84. The second kappa shape index (κ2) is 10.1. The summed E-state index contributed by atoms with van der Waals surface area (Å²) in [6.07, 6.45) is 2.44. The van der Waals surface area contributed by atoms with Gasteiger partial charge in [-0.2, -0.15) is 0 Å². The van der Waals surface area contributed by atoms with E-state index in [9.17, 15) is 9.59 Å². The zero-order valence-electron chi connectivity index (χ0n) is 17.0. The van der Waals surface area contributed by atoms with E-state index in [-0.39, 0.29) is 11.5 Å². The Labute approximate surface area is 170 Å². The van der Waals surface area contributed by atoms with Crippen LogP contribution in [0.3, 0.4) is 0 Å². The Balaban J connectivity index is 1.55. The van der Waals surface area contributed by atoms with E-state index in [0.717, 1.165) is 43.3 Å². The highest BCUT2D eigenvalue weighted by Crippen LogP contribution is 2.18. The molecule has 0 bridgehead atoms. The fourth-order valence-corrected chi connectivity index (χ4v) is 3.23. The van der Waals surface area contributed by atoms with E-state index in [1.165, 1.54) is 6.07 Å². The van der Waals surface area contributed by atoms with Gasteiger partial charge < -0.3 is 19.9 Å². The molecule has 0 atom stereocenters. The van der Waals surface area contributed by atoms with Crippen LogP contribution in [0.5, 0.6) is 0 Å². The Morgan fingerprint density at radius 1 is 1.28 bits per heavy atom. The highest BCUT2D eigenvalue weighted by atomic mass is 16.5. The van der Waals surface area contributed by atoms with Gasteiger partial charge in [0.25, 0.3) is 5.56 Å². The molecule has 0 radical (unpaired) electrons. The maximum Gasteiger partial charge on any atom is 0.251 e. The minimum atomic E-state index is -0.154. The molecule has 0 saturated carbocycles. The van der Waals surface area contributed by atoms with Crippen molar-refractivity contribution in [2.24, 2.45) is 0 Å². The molecule has 0 aliphatic carbocycles. The molecule has 9 nitrogen and oxygen atoms in total.